The Balaban J connectivity index is 3.61. The third-order valence-electron chi connectivity index (χ3n) is 0.927. The van der Waals surface area contributed by atoms with Crippen LogP contribution in [0.4, 0.5) is 0 Å². The predicted octanol–water partition coefficient (Wildman–Crippen LogP) is 1.02. The average Bonchev–Trinajstić information content (AvgIpc) is 1.87. The lowest BCUT2D eigenvalue weighted by Crippen LogP contribution is -2.34. The molecule has 0 fully saturated rings. The summed E-state index contributed by atoms with van der Waals surface area (Å²) in [6.45, 7) is 3.99. The maximum Gasteiger partial charge on any atom is 0.322 e. The van der Waals surface area contributed by atoms with Gasteiger partial charge in [0.2, 0.25) is 0 Å². The minimum absolute atomic E-state index is 0.315. The van der Waals surface area contributed by atoms with Gasteiger partial charge in [0.05, 0.1) is 0 Å². The van der Waals surface area contributed by atoms with Crippen LogP contribution in [-0.2, 0) is 4.79 Å². The standard InChI is InChI=1S/C6H13NO2S2/c1-4(2)11-7-5(3-10)6(8)9/h4-5,7,10H,3H2,1-2H3,(H,8,9). The molecule has 0 aliphatic rings. The van der Waals surface area contributed by atoms with Crippen LogP contribution in [0.15, 0.2) is 0 Å². The number of hydrogen-bond acceptors (Lipinski definition) is 4. The number of carbonyl (C=O) groups is 1. The molecule has 0 saturated heterocycles. The van der Waals surface area contributed by atoms with E-state index in [0.29, 0.717) is 11.0 Å². The zero-order chi connectivity index (χ0) is 8.85. The molecule has 1 unspecified atom stereocenters. The van der Waals surface area contributed by atoms with Gasteiger partial charge in [-0.05, 0) is 0 Å². The first-order valence-corrected chi connectivity index (χ1v) is 4.84. The Morgan fingerprint density at radius 2 is 2.27 bits per heavy atom. The van der Waals surface area contributed by atoms with Gasteiger partial charge in [0.25, 0.3) is 0 Å². The third kappa shape index (κ3) is 5.41. The molecule has 0 radical (unpaired) electrons. The molecule has 0 saturated carbocycles. The molecule has 0 heterocycles. The Hall–Kier alpha value is 0.130. The number of carboxylic acids is 1. The van der Waals surface area contributed by atoms with E-state index in [4.69, 9.17) is 5.11 Å². The van der Waals surface area contributed by atoms with Gasteiger partial charge in [0.1, 0.15) is 6.04 Å². The fourth-order valence-corrected chi connectivity index (χ4v) is 1.38. The molecule has 66 valence electrons. The number of hydrogen-bond donors (Lipinski definition) is 3. The Kier molecular flexibility index (Phi) is 5.81. The van der Waals surface area contributed by atoms with Crippen molar-refractivity contribution in [3.63, 3.8) is 0 Å². The average molecular weight is 195 g/mol. The fraction of sp³-hybridized carbons (Fsp3) is 0.833. The van der Waals surface area contributed by atoms with Crippen molar-refractivity contribution in [1.82, 2.24) is 4.72 Å². The van der Waals surface area contributed by atoms with E-state index in [1.165, 1.54) is 11.9 Å². The van der Waals surface area contributed by atoms with Crippen molar-refractivity contribution in [2.45, 2.75) is 25.1 Å². The molecular weight excluding hydrogens is 182 g/mol. The molecule has 5 heteroatoms. The summed E-state index contributed by atoms with van der Waals surface area (Å²) in [5.74, 6) is -0.539. The highest BCUT2D eigenvalue weighted by atomic mass is 32.2. The van der Waals surface area contributed by atoms with E-state index in [-0.39, 0.29) is 0 Å². The second-order valence-electron chi connectivity index (χ2n) is 2.36. The van der Waals surface area contributed by atoms with Gasteiger partial charge in [-0.15, -0.1) is 0 Å². The van der Waals surface area contributed by atoms with Crippen LogP contribution in [0.2, 0.25) is 0 Å². The molecule has 3 nitrogen and oxygen atoms in total. The summed E-state index contributed by atoms with van der Waals surface area (Å²) in [6.07, 6.45) is 0. The van der Waals surface area contributed by atoms with Gasteiger partial charge in [-0.25, -0.2) is 4.72 Å². The van der Waals surface area contributed by atoms with E-state index < -0.39 is 12.0 Å². The SMILES string of the molecule is CC(C)SNC(CS)C(=O)O. The van der Waals surface area contributed by atoms with Gasteiger partial charge in [-0.2, -0.15) is 12.6 Å². The smallest absolute Gasteiger partial charge is 0.322 e. The summed E-state index contributed by atoms with van der Waals surface area (Å²) < 4.78 is 2.81. The Morgan fingerprint density at radius 1 is 1.73 bits per heavy atom. The number of carboxylic acid groups (broad SMARTS) is 1. The second kappa shape index (κ2) is 5.74. The van der Waals surface area contributed by atoms with Crippen LogP contribution in [0.5, 0.6) is 0 Å². The number of nitrogens with one attached hydrogen (secondary N) is 1. The molecule has 0 aromatic heterocycles. The van der Waals surface area contributed by atoms with E-state index in [2.05, 4.69) is 17.4 Å². The summed E-state index contributed by atoms with van der Waals surface area (Å²) >= 11 is 5.31. The summed E-state index contributed by atoms with van der Waals surface area (Å²) in [5.41, 5.74) is 0. The molecule has 0 aromatic carbocycles. The molecule has 1 atom stereocenters. The number of thiol groups is 1. The van der Waals surface area contributed by atoms with E-state index >= 15 is 0 Å². The van der Waals surface area contributed by atoms with Gasteiger partial charge in [0, 0.05) is 11.0 Å². The van der Waals surface area contributed by atoms with Crippen LogP contribution < -0.4 is 4.72 Å². The molecular formula is C6H13NO2S2. The highest BCUT2D eigenvalue weighted by Gasteiger charge is 2.14. The summed E-state index contributed by atoms with van der Waals surface area (Å²) in [5, 5.41) is 8.95. The molecule has 0 aromatic rings. The maximum atomic E-state index is 10.4. The van der Waals surface area contributed by atoms with Crippen LogP contribution in [0, 0.1) is 0 Å². The quantitative estimate of drug-likeness (QED) is 0.453. The lowest BCUT2D eigenvalue weighted by atomic mass is 10.4. The highest BCUT2D eigenvalue weighted by Crippen LogP contribution is 2.05. The van der Waals surface area contributed by atoms with Crippen LogP contribution >= 0.6 is 24.6 Å². The molecule has 2 N–H and O–H groups in total. The van der Waals surface area contributed by atoms with Gasteiger partial charge in [-0.1, -0.05) is 25.8 Å². The Morgan fingerprint density at radius 3 is 2.55 bits per heavy atom. The first-order chi connectivity index (χ1) is 5.07. The van der Waals surface area contributed by atoms with Crippen LogP contribution in [0.25, 0.3) is 0 Å². The lowest BCUT2D eigenvalue weighted by molar-refractivity contribution is -0.138. The van der Waals surface area contributed by atoms with Gasteiger partial charge >= 0.3 is 5.97 Å². The van der Waals surface area contributed by atoms with Gasteiger partial charge < -0.3 is 5.11 Å². The zero-order valence-electron chi connectivity index (χ0n) is 6.57. The first kappa shape index (κ1) is 11.1. The summed E-state index contributed by atoms with van der Waals surface area (Å²) in [6, 6.07) is -0.550. The number of aliphatic carboxylic acids is 1. The third-order valence-corrected chi connectivity index (χ3v) is 2.18. The minimum atomic E-state index is -0.854. The largest absolute Gasteiger partial charge is 0.480 e. The highest BCUT2D eigenvalue weighted by molar-refractivity contribution is 7.98. The van der Waals surface area contributed by atoms with E-state index in [0.717, 1.165) is 0 Å². The van der Waals surface area contributed by atoms with Crippen molar-refractivity contribution in [2.24, 2.45) is 0 Å². The van der Waals surface area contributed by atoms with Gasteiger partial charge in [0.15, 0.2) is 0 Å². The Labute approximate surface area is 76.5 Å². The van der Waals surface area contributed by atoms with Crippen LogP contribution in [0.3, 0.4) is 0 Å². The fourth-order valence-electron chi connectivity index (χ4n) is 0.384. The molecule has 11 heavy (non-hydrogen) atoms. The molecule has 0 spiro atoms. The van der Waals surface area contributed by atoms with Crippen molar-refractivity contribution >= 4 is 30.5 Å². The van der Waals surface area contributed by atoms with E-state index in [1.807, 2.05) is 13.8 Å². The molecule has 0 bridgehead atoms. The van der Waals surface area contributed by atoms with Gasteiger partial charge in [-0.3, -0.25) is 4.79 Å². The first-order valence-electron chi connectivity index (χ1n) is 3.32. The van der Waals surface area contributed by atoms with E-state index in [9.17, 15) is 4.79 Å². The normalized spacial score (nSPS) is 13.5. The van der Waals surface area contributed by atoms with Crippen molar-refractivity contribution in [1.29, 1.82) is 0 Å². The van der Waals surface area contributed by atoms with E-state index in [1.54, 1.807) is 0 Å². The van der Waals surface area contributed by atoms with Crippen molar-refractivity contribution < 1.29 is 9.90 Å². The maximum absolute atomic E-state index is 10.4. The van der Waals surface area contributed by atoms with Crippen molar-refractivity contribution in [2.75, 3.05) is 5.75 Å². The molecule has 0 amide bonds. The number of rotatable bonds is 5. The van der Waals surface area contributed by atoms with Crippen LogP contribution in [0.1, 0.15) is 13.8 Å². The lowest BCUT2D eigenvalue weighted by Gasteiger charge is -2.12. The molecule has 0 rings (SSSR count). The summed E-state index contributed by atoms with van der Waals surface area (Å²) in [4.78, 5) is 10.4. The van der Waals surface area contributed by atoms with Crippen molar-refractivity contribution in [3.05, 3.63) is 0 Å². The monoisotopic (exact) mass is 195 g/mol. The zero-order valence-corrected chi connectivity index (χ0v) is 8.28. The minimum Gasteiger partial charge on any atom is -0.480 e. The summed E-state index contributed by atoms with van der Waals surface area (Å²) in [7, 11) is 0. The van der Waals surface area contributed by atoms with Crippen molar-refractivity contribution in [3.8, 4) is 0 Å². The Bertz CT molecular complexity index is 130. The van der Waals surface area contributed by atoms with Crippen LogP contribution in [-0.4, -0.2) is 28.1 Å². The topological polar surface area (TPSA) is 49.3 Å². The molecule has 0 aliphatic carbocycles. The predicted molar refractivity (Wildman–Crippen MR) is 51.1 cm³/mol. The second-order valence-corrected chi connectivity index (χ2v) is 4.14. The molecule has 0 aliphatic heterocycles.